The van der Waals surface area contributed by atoms with Crippen molar-refractivity contribution in [1.82, 2.24) is 5.32 Å². The summed E-state index contributed by atoms with van der Waals surface area (Å²) in [6.45, 7) is 1.40. The van der Waals surface area contributed by atoms with E-state index in [1.807, 2.05) is 0 Å². The van der Waals surface area contributed by atoms with Crippen molar-refractivity contribution >= 4 is 5.78 Å². The summed E-state index contributed by atoms with van der Waals surface area (Å²) >= 11 is 0. The van der Waals surface area contributed by atoms with E-state index in [1.54, 1.807) is 0 Å². The number of benzene rings is 1. The molecule has 0 amide bonds. The fraction of sp³-hybridized carbons (Fsp3) is 0.417. The molecular formula is C12H12F3NO3. The highest BCUT2D eigenvalue weighted by atomic mass is 19.4. The van der Waals surface area contributed by atoms with Gasteiger partial charge in [0, 0.05) is 18.7 Å². The molecule has 0 spiro atoms. The first-order chi connectivity index (χ1) is 8.96. The number of hydrogen-bond acceptors (Lipinski definition) is 4. The highest BCUT2D eigenvalue weighted by Gasteiger charge is 2.31. The SMILES string of the molecule is O=C(c1cccc(OC(F)(F)F)c1)C1CNCCO1. The number of hydrogen-bond donors (Lipinski definition) is 1. The first-order valence-corrected chi connectivity index (χ1v) is 5.68. The molecule has 1 saturated heterocycles. The normalized spacial score (nSPS) is 20.1. The van der Waals surface area contributed by atoms with E-state index in [-0.39, 0.29) is 11.3 Å². The van der Waals surface area contributed by atoms with E-state index in [0.717, 1.165) is 12.1 Å². The van der Waals surface area contributed by atoms with Crippen LogP contribution in [0.5, 0.6) is 5.75 Å². The van der Waals surface area contributed by atoms with E-state index in [9.17, 15) is 18.0 Å². The minimum absolute atomic E-state index is 0.135. The van der Waals surface area contributed by atoms with Crippen molar-refractivity contribution in [3.8, 4) is 5.75 Å². The monoisotopic (exact) mass is 275 g/mol. The van der Waals surface area contributed by atoms with E-state index in [4.69, 9.17) is 4.74 Å². The van der Waals surface area contributed by atoms with Gasteiger partial charge in [0.1, 0.15) is 11.9 Å². The van der Waals surface area contributed by atoms with Gasteiger partial charge < -0.3 is 14.8 Å². The van der Waals surface area contributed by atoms with E-state index in [1.165, 1.54) is 12.1 Å². The maximum absolute atomic E-state index is 12.1. The maximum Gasteiger partial charge on any atom is 0.573 e. The fourth-order valence-electron chi connectivity index (χ4n) is 1.77. The van der Waals surface area contributed by atoms with Crippen LogP contribution in [-0.4, -0.2) is 37.9 Å². The van der Waals surface area contributed by atoms with Gasteiger partial charge in [-0.3, -0.25) is 4.79 Å². The highest BCUT2D eigenvalue weighted by Crippen LogP contribution is 2.24. The molecule has 0 aliphatic carbocycles. The van der Waals surface area contributed by atoms with Crippen LogP contribution in [-0.2, 0) is 4.74 Å². The number of halogens is 3. The molecule has 1 N–H and O–H groups in total. The molecule has 104 valence electrons. The Morgan fingerprint density at radius 3 is 2.84 bits per heavy atom. The molecule has 1 aromatic carbocycles. The lowest BCUT2D eigenvalue weighted by Crippen LogP contribution is -2.43. The van der Waals surface area contributed by atoms with Crippen molar-refractivity contribution in [2.75, 3.05) is 19.7 Å². The number of carbonyl (C=O) groups excluding carboxylic acids is 1. The second-order valence-electron chi connectivity index (χ2n) is 4.00. The summed E-state index contributed by atoms with van der Waals surface area (Å²) in [6, 6.07) is 4.98. The predicted octanol–water partition coefficient (Wildman–Crippen LogP) is 1.76. The Labute approximate surface area is 107 Å². The van der Waals surface area contributed by atoms with Crippen molar-refractivity contribution in [3.63, 3.8) is 0 Å². The highest BCUT2D eigenvalue weighted by molar-refractivity contribution is 6.00. The minimum atomic E-state index is -4.77. The number of morpholine rings is 1. The molecular weight excluding hydrogens is 263 g/mol. The van der Waals surface area contributed by atoms with Gasteiger partial charge in [-0.05, 0) is 12.1 Å². The molecule has 1 aromatic rings. The molecule has 1 aliphatic heterocycles. The smallest absolute Gasteiger partial charge is 0.406 e. The van der Waals surface area contributed by atoms with E-state index < -0.39 is 18.2 Å². The lowest BCUT2D eigenvalue weighted by Gasteiger charge is -2.22. The molecule has 1 heterocycles. The van der Waals surface area contributed by atoms with Gasteiger partial charge in [-0.1, -0.05) is 12.1 Å². The predicted molar refractivity (Wildman–Crippen MR) is 60.1 cm³/mol. The Hall–Kier alpha value is -1.60. The molecule has 1 atom stereocenters. The zero-order valence-corrected chi connectivity index (χ0v) is 9.87. The first-order valence-electron chi connectivity index (χ1n) is 5.68. The van der Waals surface area contributed by atoms with Gasteiger partial charge in [0.25, 0.3) is 0 Å². The summed E-state index contributed by atoms with van der Waals surface area (Å²) in [4.78, 5) is 12.0. The van der Waals surface area contributed by atoms with Crippen LogP contribution in [0.25, 0.3) is 0 Å². The average Bonchev–Trinajstić information content (AvgIpc) is 2.37. The Morgan fingerprint density at radius 1 is 1.42 bits per heavy atom. The summed E-state index contributed by atoms with van der Waals surface area (Å²) in [5.41, 5.74) is 0.135. The van der Waals surface area contributed by atoms with Gasteiger partial charge in [-0.15, -0.1) is 13.2 Å². The third-order valence-electron chi connectivity index (χ3n) is 2.57. The van der Waals surface area contributed by atoms with Gasteiger partial charge in [-0.25, -0.2) is 0 Å². The van der Waals surface area contributed by atoms with Gasteiger partial charge in [-0.2, -0.15) is 0 Å². The molecule has 0 saturated carbocycles. The molecule has 1 aliphatic rings. The Kier molecular flexibility index (Phi) is 4.06. The molecule has 0 aromatic heterocycles. The number of ketones is 1. The summed E-state index contributed by atoms with van der Waals surface area (Å²) in [5.74, 6) is -0.776. The average molecular weight is 275 g/mol. The van der Waals surface area contributed by atoms with Crippen LogP contribution in [0.1, 0.15) is 10.4 Å². The molecule has 1 fully saturated rings. The summed E-state index contributed by atoms with van der Waals surface area (Å²) < 4.78 is 45.3. The van der Waals surface area contributed by atoms with Gasteiger partial charge in [0.2, 0.25) is 0 Å². The minimum Gasteiger partial charge on any atom is -0.406 e. The first kappa shape index (κ1) is 13.8. The van der Waals surface area contributed by atoms with Crippen LogP contribution in [0.3, 0.4) is 0 Å². The quantitative estimate of drug-likeness (QED) is 0.854. The van der Waals surface area contributed by atoms with Gasteiger partial charge in [0.05, 0.1) is 6.61 Å². The number of Topliss-reactive ketones (excluding diaryl/α,β-unsaturated/α-hetero) is 1. The number of ether oxygens (including phenoxy) is 2. The van der Waals surface area contributed by atoms with Crippen molar-refractivity contribution in [2.24, 2.45) is 0 Å². The van der Waals surface area contributed by atoms with Gasteiger partial charge >= 0.3 is 6.36 Å². The Balaban J connectivity index is 2.11. The molecule has 19 heavy (non-hydrogen) atoms. The maximum atomic E-state index is 12.1. The number of nitrogens with one attached hydrogen (secondary N) is 1. The van der Waals surface area contributed by atoms with Crippen LogP contribution in [0.15, 0.2) is 24.3 Å². The van der Waals surface area contributed by atoms with E-state index in [0.29, 0.717) is 19.7 Å². The van der Waals surface area contributed by atoms with Crippen molar-refractivity contribution in [1.29, 1.82) is 0 Å². The molecule has 7 heteroatoms. The second kappa shape index (κ2) is 5.58. The standard InChI is InChI=1S/C12H12F3NO3/c13-12(14,15)19-9-3-1-2-8(6-9)11(17)10-7-16-4-5-18-10/h1-3,6,10,16H,4-5,7H2. The molecule has 0 radical (unpaired) electrons. The topological polar surface area (TPSA) is 47.6 Å². The Morgan fingerprint density at radius 2 is 2.21 bits per heavy atom. The van der Waals surface area contributed by atoms with Crippen LogP contribution < -0.4 is 10.1 Å². The van der Waals surface area contributed by atoms with Crippen LogP contribution in [0, 0.1) is 0 Å². The second-order valence-corrected chi connectivity index (χ2v) is 4.00. The van der Waals surface area contributed by atoms with Crippen molar-refractivity contribution < 1.29 is 27.4 Å². The number of alkyl halides is 3. The van der Waals surface area contributed by atoms with Crippen molar-refractivity contribution in [2.45, 2.75) is 12.5 Å². The fourth-order valence-corrected chi connectivity index (χ4v) is 1.77. The summed E-state index contributed by atoms with van der Waals surface area (Å²) in [5, 5.41) is 2.98. The largest absolute Gasteiger partial charge is 0.573 e. The van der Waals surface area contributed by atoms with E-state index in [2.05, 4.69) is 10.1 Å². The molecule has 2 rings (SSSR count). The zero-order valence-electron chi connectivity index (χ0n) is 9.87. The summed E-state index contributed by atoms with van der Waals surface area (Å²) in [6.07, 6.45) is -5.44. The lowest BCUT2D eigenvalue weighted by atomic mass is 10.1. The summed E-state index contributed by atoms with van der Waals surface area (Å²) in [7, 11) is 0. The molecule has 4 nitrogen and oxygen atoms in total. The molecule has 0 bridgehead atoms. The third kappa shape index (κ3) is 3.93. The van der Waals surface area contributed by atoms with Crippen LogP contribution in [0.4, 0.5) is 13.2 Å². The molecule has 1 unspecified atom stereocenters. The Bertz CT molecular complexity index is 456. The third-order valence-corrected chi connectivity index (χ3v) is 2.57. The van der Waals surface area contributed by atoms with Crippen LogP contribution >= 0.6 is 0 Å². The lowest BCUT2D eigenvalue weighted by molar-refractivity contribution is -0.274. The number of carbonyl (C=O) groups is 1. The van der Waals surface area contributed by atoms with Crippen LogP contribution in [0.2, 0.25) is 0 Å². The number of rotatable bonds is 3. The van der Waals surface area contributed by atoms with Gasteiger partial charge in [0.15, 0.2) is 5.78 Å². The zero-order chi connectivity index (χ0) is 13.9. The van der Waals surface area contributed by atoms with E-state index >= 15 is 0 Å². The van der Waals surface area contributed by atoms with Crippen molar-refractivity contribution in [3.05, 3.63) is 29.8 Å².